The maximum absolute atomic E-state index is 11.9. The van der Waals surface area contributed by atoms with Gasteiger partial charge in [0.15, 0.2) is 0 Å². The lowest BCUT2D eigenvalue weighted by atomic mass is 10.2. The van der Waals surface area contributed by atoms with Crippen LogP contribution in [0.15, 0.2) is 18.2 Å². The Kier molecular flexibility index (Phi) is 4.75. The second-order valence-electron chi connectivity index (χ2n) is 4.64. The molecule has 0 radical (unpaired) electrons. The first-order valence-corrected chi connectivity index (χ1v) is 7.03. The van der Waals surface area contributed by atoms with Crippen molar-refractivity contribution >= 4 is 34.9 Å². The number of aryl methyl sites for hydroxylation is 1. The number of nitrogens with two attached hydrogens (primary N) is 1. The Hall–Kier alpha value is -1.72. The predicted molar refractivity (Wildman–Crippen MR) is 82.4 cm³/mol. The standard InChI is InChI=1S/C14H15Cl2N3O2/c1-8-14(17)9(2)19(18-8)6-13(20)21-7-10-5-11(15)3-4-12(10)16/h3-5H,6-7,17H2,1-2H3. The number of ether oxygens (including phenoxy) is 1. The molecule has 2 aromatic rings. The van der Waals surface area contributed by atoms with Crippen LogP contribution in [0.5, 0.6) is 0 Å². The highest BCUT2D eigenvalue weighted by Crippen LogP contribution is 2.21. The minimum atomic E-state index is -0.420. The first-order valence-electron chi connectivity index (χ1n) is 6.27. The summed E-state index contributed by atoms with van der Waals surface area (Å²) < 4.78 is 6.71. The lowest BCUT2D eigenvalue weighted by Gasteiger charge is -2.08. The van der Waals surface area contributed by atoms with Crippen LogP contribution in [0.1, 0.15) is 17.0 Å². The van der Waals surface area contributed by atoms with Gasteiger partial charge < -0.3 is 10.5 Å². The molecule has 0 fully saturated rings. The van der Waals surface area contributed by atoms with E-state index >= 15 is 0 Å². The Bertz CT molecular complexity index is 683. The molecule has 2 rings (SSSR count). The average Bonchev–Trinajstić information content (AvgIpc) is 2.67. The lowest BCUT2D eigenvalue weighted by molar-refractivity contribution is -0.145. The summed E-state index contributed by atoms with van der Waals surface area (Å²) in [5, 5.41) is 5.22. The average molecular weight is 328 g/mol. The molecule has 1 aromatic heterocycles. The number of nitrogen functional groups attached to an aromatic ring is 1. The predicted octanol–water partition coefficient (Wildman–Crippen LogP) is 3.13. The number of hydrogen-bond acceptors (Lipinski definition) is 4. The Morgan fingerprint density at radius 2 is 2.10 bits per heavy atom. The van der Waals surface area contributed by atoms with Crippen LogP contribution in [-0.2, 0) is 22.7 Å². The number of rotatable bonds is 4. The number of aromatic nitrogens is 2. The fraction of sp³-hybridized carbons (Fsp3) is 0.286. The van der Waals surface area contributed by atoms with Gasteiger partial charge in [-0.05, 0) is 32.0 Å². The van der Waals surface area contributed by atoms with Gasteiger partial charge in [-0.3, -0.25) is 9.48 Å². The minimum Gasteiger partial charge on any atom is -0.459 e. The molecule has 2 N–H and O–H groups in total. The fourth-order valence-electron chi connectivity index (χ4n) is 1.84. The highest BCUT2D eigenvalue weighted by molar-refractivity contribution is 6.33. The molecule has 0 aliphatic carbocycles. The molecule has 0 aliphatic rings. The van der Waals surface area contributed by atoms with E-state index in [9.17, 15) is 4.79 Å². The third kappa shape index (κ3) is 3.68. The maximum Gasteiger partial charge on any atom is 0.328 e. The van der Waals surface area contributed by atoms with E-state index in [1.54, 1.807) is 32.0 Å². The highest BCUT2D eigenvalue weighted by atomic mass is 35.5. The van der Waals surface area contributed by atoms with Crippen molar-refractivity contribution in [2.75, 3.05) is 5.73 Å². The van der Waals surface area contributed by atoms with E-state index in [0.29, 0.717) is 27.0 Å². The molecule has 0 amide bonds. The second-order valence-corrected chi connectivity index (χ2v) is 5.48. The number of carbonyl (C=O) groups is 1. The van der Waals surface area contributed by atoms with Crippen LogP contribution in [0.25, 0.3) is 0 Å². The summed E-state index contributed by atoms with van der Waals surface area (Å²) in [7, 11) is 0. The summed E-state index contributed by atoms with van der Waals surface area (Å²) in [5.74, 6) is -0.420. The summed E-state index contributed by atoms with van der Waals surface area (Å²) in [5.41, 5.74) is 8.49. The molecule has 1 heterocycles. The van der Waals surface area contributed by atoms with Gasteiger partial charge in [-0.15, -0.1) is 0 Å². The van der Waals surface area contributed by atoms with Gasteiger partial charge in [-0.25, -0.2) is 0 Å². The normalized spacial score (nSPS) is 10.7. The van der Waals surface area contributed by atoms with Gasteiger partial charge in [0.25, 0.3) is 0 Å². The summed E-state index contributed by atoms with van der Waals surface area (Å²) in [6.07, 6.45) is 0. The molecule has 112 valence electrons. The van der Waals surface area contributed by atoms with E-state index in [4.69, 9.17) is 33.7 Å². The first-order chi connectivity index (χ1) is 9.88. The van der Waals surface area contributed by atoms with Crippen LogP contribution in [0.2, 0.25) is 10.0 Å². The van der Waals surface area contributed by atoms with Crippen LogP contribution in [-0.4, -0.2) is 15.7 Å². The molecule has 0 atom stereocenters. The van der Waals surface area contributed by atoms with Crippen molar-refractivity contribution < 1.29 is 9.53 Å². The van der Waals surface area contributed by atoms with Crippen LogP contribution >= 0.6 is 23.2 Å². The quantitative estimate of drug-likeness (QED) is 0.876. The number of nitrogens with zero attached hydrogens (tertiary/aromatic N) is 2. The molecule has 0 saturated heterocycles. The monoisotopic (exact) mass is 327 g/mol. The highest BCUT2D eigenvalue weighted by Gasteiger charge is 2.13. The second kappa shape index (κ2) is 6.37. The zero-order valence-electron chi connectivity index (χ0n) is 11.7. The van der Waals surface area contributed by atoms with Crippen molar-refractivity contribution in [3.8, 4) is 0 Å². The van der Waals surface area contributed by atoms with Crippen LogP contribution in [0.3, 0.4) is 0 Å². The summed E-state index contributed by atoms with van der Waals surface area (Å²) in [6, 6.07) is 5.00. The Balaban J connectivity index is 1.99. The van der Waals surface area contributed by atoms with E-state index < -0.39 is 5.97 Å². The maximum atomic E-state index is 11.9. The van der Waals surface area contributed by atoms with Gasteiger partial charge >= 0.3 is 5.97 Å². The van der Waals surface area contributed by atoms with Crippen molar-refractivity contribution in [3.63, 3.8) is 0 Å². The lowest BCUT2D eigenvalue weighted by Crippen LogP contribution is -2.16. The number of benzene rings is 1. The van der Waals surface area contributed by atoms with E-state index in [-0.39, 0.29) is 13.2 Å². The first kappa shape index (κ1) is 15.7. The zero-order chi connectivity index (χ0) is 15.6. The van der Waals surface area contributed by atoms with E-state index in [2.05, 4.69) is 5.10 Å². The molecular formula is C14H15Cl2N3O2. The molecule has 0 aliphatic heterocycles. The summed E-state index contributed by atoms with van der Waals surface area (Å²) in [6.45, 7) is 3.65. The number of esters is 1. The summed E-state index contributed by atoms with van der Waals surface area (Å²) in [4.78, 5) is 11.9. The van der Waals surface area contributed by atoms with Gasteiger partial charge in [-0.2, -0.15) is 5.10 Å². The smallest absolute Gasteiger partial charge is 0.328 e. The zero-order valence-corrected chi connectivity index (χ0v) is 13.2. The van der Waals surface area contributed by atoms with Crippen molar-refractivity contribution in [1.82, 2.24) is 9.78 Å². The molecule has 5 nitrogen and oxygen atoms in total. The number of carbonyl (C=O) groups excluding carboxylic acids is 1. The topological polar surface area (TPSA) is 70.1 Å². The van der Waals surface area contributed by atoms with E-state index in [0.717, 1.165) is 5.69 Å². The summed E-state index contributed by atoms with van der Waals surface area (Å²) >= 11 is 11.9. The molecular weight excluding hydrogens is 313 g/mol. The number of hydrogen-bond donors (Lipinski definition) is 1. The Morgan fingerprint density at radius 3 is 2.71 bits per heavy atom. The van der Waals surface area contributed by atoms with Crippen LogP contribution in [0, 0.1) is 13.8 Å². The van der Waals surface area contributed by atoms with Gasteiger partial charge in [0, 0.05) is 15.6 Å². The molecule has 21 heavy (non-hydrogen) atoms. The minimum absolute atomic E-state index is 0.00204. The number of anilines is 1. The molecule has 0 unspecified atom stereocenters. The molecule has 7 heteroatoms. The third-order valence-electron chi connectivity index (χ3n) is 3.11. The van der Waals surface area contributed by atoms with Crippen LogP contribution < -0.4 is 5.73 Å². The van der Waals surface area contributed by atoms with Gasteiger partial charge in [0.2, 0.25) is 0 Å². The SMILES string of the molecule is Cc1nn(CC(=O)OCc2cc(Cl)ccc2Cl)c(C)c1N. The fourth-order valence-corrected chi connectivity index (χ4v) is 2.21. The van der Waals surface area contributed by atoms with Gasteiger partial charge in [0.05, 0.1) is 17.1 Å². The van der Waals surface area contributed by atoms with Gasteiger partial charge in [-0.1, -0.05) is 23.2 Å². The van der Waals surface area contributed by atoms with Crippen molar-refractivity contribution in [2.45, 2.75) is 27.0 Å². The number of halogens is 2. The van der Waals surface area contributed by atoms with E-state index in [1.807, 2.05) is 0 Å². The molecule has 1 aromatic carbocycles. The molecule has 0 saturated carbocycles. The molecule has 0 bridgehead atoms. The van der Waals surface area contributed by atoms with Crippen molar-refractivity contribution in [2.24, 2.45) is 0 Å². The van der Waals surface area contributed by atoms with Crippen LogP contribution in [0.4, 0.5) is 5.69 Å². The molecule has 0 spiro atoms. The largest absolute Gasteiger partial charge is 0.459 e. The van der Waals surface area contributed by atoms with E-state index in [1.165, 1.54) is 4.68 Å². The third-order valence-corrected chi connectivity index (χ3v) is 3.72. The Morgan fingerprint density at radius 1 is 1.38 bits per heavy atom. The van der Waals surface area contributed by atoms with Crippen molar-refractivity contribution in [3.05, 3.63) is 45.2 Å². The van der Waals surface area contributed by atoms with Crippen molar-refractivity contribution in [1.29, 1.82) is 0 Å². The Labute approximate surface area is 132 Å². The van der Waals surface area contributed by atoms with Gasteiger partial charge in [0.1, 0.15) is 13.2 Å².